The van der Waals surface area contributed by atoms with E-state index in [1.807, 2.05) is 24.3 Å². The topological polar surface area (TPSA) is 38.3 Å². The molecule has 2 aromatic rings. The van der Waals surface area contributed by atoms with E-state index >= 15 is 0 Å². The second-order valence-corrected chi connectivity index (χ2v) is 4.95. The zero-order chi connectivity index (χ0) is 16.7. The van der Waals surface area contributed by atoms with Gasteiger partial charge in [-0.25, -0.2) is 4.39 Å². The number of halogens is 1. The van der Waals surface area contributed by atoms with Crippen molar-refractivity contribution in [1.29, 1.82) is 0 Å². The van der Waals surface area contributed by atoms with Gasteiger partial charge in [-0.2, -0.15) is 0 Å². The van der Waals surface area contributed by atoms with Crippen molar-refractivity contribution in [1.82, 2.24) is 0 Å². The van der Waals surface area contributed by atoms with Gasteiger partial charge in [-0.3, -0.25) is 4.79 Å². The van der Waals surface area contributed by atoms with Gasteiger partial charge in [-0.1, -0.05) is 30.9 Å². The SMILES string of the molecule is C=CCOc1ccc(/C=C/C(=O)Nc2cc(F)ccc2C)cc1. The van der Waals surface area contributed by atoms with E-state index < -0.39 is 0 Å². The van der Waals surface area contributed by atoms with E-state index in [9.17, 15) is 9.18 Å². The van der Waals surface area contributed by atoms with Crippen molar-refractivity contribution in [3.05, 3.63) is 78.1 Å². The first-order chi connectivity index (χ1) is 11.1. The monoisotopic (exact) mass is 311 g/mol. The second-order valence-electron chi connectivity index (χ2n) is 4.95. The summed E-state index contributed by atoms with van der Waals surface area (Å²) in [7, 11) is 0. The van der Waals surface area contributed by atoms with Gasteiger partial charge in [0.1, 0.15) is 18.2 Å². The average molecular weight is 311 g/mol. The quantitative estimate of drug-likeness (QED) is 0.636. The fraction of sp³-hybridized carbons (Fsp3) is 0.105. The Morgan fingerprint density at radius 1 is 1.26 bits per heavy atom. The summed E-state index contributed by atoms with van der Waals surface area (Å²) in [6.07, 6.45) is 4.76. The van der Waals surface area contributed by atoms with Crippen molar-refractivity contribution in [2.45, 2.75) is 6.92 Å². The standard InChI is InChI=1S/C19H18FNO2/c1-3-12-23-17-9-5-15(6-10-17)7-11-19(22)21-18-13-16(20)8-4-14(18)2/h3-11,13H,1,12H2,2H3,(H,21,22)/b11-7+. The molecule has 0 saturated heterocycles. The zero-order valence-electron chi connectivity index (χ0n) is 12.9. The summed E-state index contributed by atoms with van der Waals surface area (Å²) in [5, 5.41) is 2.66. The van der Waals surface area contributed by atoms with Crippen LogP contribution in [-0.2, 0) is 4.79 Å². The first-order valence-electron chi connectivity index (χ1n) is 7.17. The van der Waals surface area contributed by atoms with Crippen molar-refractivity contribution in [3.8, 4) is 5.75 Å². The first kappa shape index (κ1) is 16.5. The minimum Gasteiger partial charge on any atom is -0.490 e. The number of hydrogen-bond acceptors (Lipinski definition) is 2. The number of ether oxygens (including phenoxy) is 1. The summed E-state index contributed by atoms with van der Waals surface area (Å²) < 4.78 is 18.6. The molecule has 0 radical (unpaired) electrons. The summed E-state index contributed by atoms with van der Waals surface area (Å²) >= 11 is 0. The molecule has 0 aliphatic heterocycles. The number of anilines is 1. The first-order valence-corrected chi connectivity index (χ1v) is 7.17. The molecule has 2 aromatic carbocycles. The number of hydrogen-bond donors (Lipinski definition) is 1. The third-order valence-corrected chi connectivity index (χ3v) is 3.13. The Balaban J connectivity index is 1.97. The number of aryl methyl sites for hydroxylation is 1. The third-order valence-electron chi connectivity index (χ3n) is 3.13. The van der Waals surface area contributed by atoms with Crippen molar-refractivity contribution in [2.24, 2.45) is 0 Å². The lowest BCUT2D eigenvalue weighted by atomic mass is 10.2. The number of benzene rings is 2. The number of nitrogens with one attached hydrogen (secondary N) is 1. The Kier molecular flexibility index (Phi) is 5.69. The molecule has 23 heavy (non-hydrogen) atoms. The van der Waals surface area contributed by atoms with Gasteiger partial charge in [0.2, 0.25) is 5.91 Å². The fourth-order valence-corrected chi connectivity index (χ4v) is 1.91. The van der Waals surface area contributed by atoms with Crippen LogP contribution in [0.1, 0.15) is 11.1 Å². The molecule has 0 fully saturated rings. The van der Waals surface area contributed by atoms with Crippen molar-refractivity contribution < 1.29 is 13.9 Å². The van der Waals surface area contributed by atoms with Crippen LogP contribution in [0.3, 0.4) is 0 Å². The Hall–Kier alpha value is -2.88. The van der Waals surface area contributed by atoms with Crippen LogP contribution in [-0.4, -0.2) is 12.5 Å². The molecule has 0 atom stereocenters. The minimum absolute atomic E-state index is 0.314. The molecule has 0 heterocycles. The van der Waals surface area contributed by atoms with Crippen LogP contribution in [0.2, 0.25) is 0 Å². The molecule has 0 aromatic heterocycles. The molecule has 0 unspecified atom stereocenters. The largest absolute Gasteiger partial charge is 0.490 e. The molecule has 0 saturated carbocycles. The summed E-state index contributed by atoms with van der Waals surface area (Å²) in [5.74, 6) is 0.0394. The summed E-state index contributed by atoms with van der Waals surface area (Å²) in [6.45, 7) is 5.84. The van der Waals surface area contributed by atoms with Gasteiger partial charge in [-0.05, 0) is 48.4 Å². The highest BCUT2D eigenvalue weighted by atomic mass is 19.1. The molecule has 0 spiro atoms. The summed E-state index contributed by atoms with van der Waals surface area (Å²) in [4.78, 5) is 11.9. The average Bonchev–Trinajstić information content (AvgIpc) is 2.55. The molecule has 0 aliphatic rings. The molecule has 2 rings (SSSR count). The maximum absolute atomic E-state index is 13.2. The fourth-order valence-electron chi connectivity index (χ4n) is 1.91. The van der Waals surface area contributed by atoms with Gasteiger partial charge >= 0.3 is 0 Å². The minimum atomic E-state index is -0.384. The van der Waals surface area contributed by atoms with E-state index in [2.05, 4.69) is 11.9 Å². The highest BCUT2D eigenvalue weighted by Crippen LogP contribution is 2.16. The Bertz CT molecular complexity index is 721. The van der Waals surface area contributed by atoms with Crippen LogP contribution < -0.4 is 10.1 Å². The van der Waals surface area contributed by atoms with E-state index in [4.69, 9.17) is 4.74 Å². The van der Waals surface area contributed by atoms with Crippen LogP contribution >= 0.6 is 0 Å². The third kappa shape index (κ3) is 5.11. The molecular weight excluding hydrogens is 293 g/mol. The van der Waals surface area contributed by atoms with Crippen LogP contribution in [0, 0.1) is 12.7 Å². The predicted octanol–water partition coefficient (Wildman–Crippen LogP) is 4.35. The number of carbonyl (C=O) groups is 1. The molecule has 118 valence electrons. The van der Waals surface area contributed by atoms with Crippen molar-refractivity contribution in [3.63, 3.8) is 0 Å². The highest BCUT2D eigenvalue weighted by molar-refractivity contribution is 6.02. The van der Waals surface area contributed by atoms with E-state index in [-0.39, 0.29) is 11.7 Å². The molecule has 1 amide bonds. The molecule has 0 aliphatic carbocycles. The van der Waals surface area contributed by atoms with Crippen LogP contribution in [0.4, 0.5) is 10.1 Å². The molecule has 1 N–H and O–H groups in total. The predicted molar refractivity (Wildman–Crippen MR) is 90.9 cm³/mol. The molecule has 4 heteroatoms. The van der Waals surface area contributed by atoms with Gasteiger partial charge in [-0.15, -0.1) is 0 Å². The Morgan fingerprint density at radius 2 is 2.00 bits per heavy atom. The van der Waals surface area contributed by atoms with Crippen molar-refractivity contribution >= 4 is 17.7 Å². The normalized spacial score (nSPS) is 10.5. The van der Waals surface area contributed by atoms with Gasteiger partial charge in [0, 0.05) is 11.8 Å². The maximum Gasteiger partial charge on any atom is 0.248 e. The molecule has 0 bridgehead atoms. The Labute approximate surface area is 135 Å². The second kappa shape index (κ2) is 7.94. The van der Waals surface area contributed by atoms with Crippen LogP contribution in [0.25, 0.3) is 6.08 Å². The zero-order valence-corrected chi connectivity index (χ0v) is 12.9. The van der Waals surface area contributed by atoms with Crippen LogP contribution in [0.15, 0.2) is 61.2 Å². The number of rotatable bonds is 6. The van der Waals surface area contributed by atoms with Gasteiger partial charge < -0.3 is 10.1 Å². The molecular formula is C19H18FNO2. The van der Waals surface area contributed by atoms with Gasteiger partial charge in [0.05, 0.1) is 0 Å². The summed E-state index contributed by atoms with van der Waals surface area (Å²) in [6, 6.07) is 11.6. The maximum atomic E-state index is 13.2. The molecule has 3 nitrogen and oxygen atoms in total. The van der Waals surface area contributed by atoms with E-state index in [0.717, 1.165) is 16.9 Å². The van der Waals surface area contributed by atoms with E-state index in [1.165, 1.54) is 18.2 Å². The lowest BCUT2D eigenvalue weighted by Crippen LogP contribution is -2.09. The lowest BCUT2D eigenvalue weighted by Gasteiger charge is -2.06. The van der Waals surface area contributed by atoms with Crippen molar-refractivity contribution in [2.75, 3.05) is 11.9 Å². The summed E-state index contributed by atoms with van der Waals surface area (Å²) in [5.41, 5.74) is 2.13. The smallest absolute Gasteiger partial charge is 0.248 e. The van der Waals surface area contributed by atoms with Gasteiger partial charge in [0.15, 0.2) is 0 Å². The van der Waals surface area contributed by atoms with E-state index in [0.29, 0.717) is 12.3 Å². The number of amides is 1. The lowest BCUT2D eigenvalue weighted by molar-refractivity contribution is -0.111. The van der Waals surface area contributed by atoms with Crippen LogP contribution in [0.5, 0.6) is 5.75 Å². The van der Waals surface area contributed by atoms with Gasteiger partial charge in [0.25, 0.3) is 0 Å². The number of carbonyl (C=O) groups excluding carboxylic acids is 1. The Morgan fingerprint density at radius 3 is 2.70 bits per heavy atom. The van der Waals surface area contributed by atoms with E-state index in [1.54, 1.807) is 25.1 Å². The highest BCUT2D eigenvalue weighted by Gasteiger charge is 2.03.